The number of benzene rings is 1. The van der Waals surface area contributed by atoms with Crippen molar-refractivity contribution in [3.8, 4) is 11.5 Å². The number of nitrogens with zero attached hydrogens (tertiary/aromatic N) is 3. The molecule has 9 nitrogen and oxygen atoms in total. The Morgan fingerprint density at radius 2 is 2.06 bits per heavy atom. The van der Waals surface area contributed by atoms with Gasteiger partial charge in [0, 0.05) is 35.7 Å². The fraction of sp³-hybridized carbons (Fsp3) is 0.0870. The first-order valence-electron chi connectivity index (χ1n) is 9.84. The van der Waals surface area contributed by atoms with Crippen LogP contribution in [0.3, 0.4) is 0 Å². The van der Waals surface area contributed by atoms with E-state index in [-0.39, 0.29) is 34.2 Å². The molecule has 172 valence electrons. The minimum Gasteiger partial charge on any atom is -0.504 e. The zero-order valence-corrected chi connectivity index (χ0v) is 20.1. The highest BCUT2D eigenvalue weighted by molar-refractivity contribution is 9.10. The van der Waals surface area contributed by atoms with Crippen molar-refractivity contribution < 1.29 is 24.2 Å². The van der Waals surface area contributed by atoms with Crippen molar-refractivity contribution >= 4 is 56.5 Å². The second-order valence-corrected chi connectivity index (χ2v) is 9.00. The van der Waals surface area contributed by atoms with Crippen LogP contribution in [0.4, 0.5) is 10.5 Å². The molecule has 11 heteroatoms. The number of halogens is 1. The van der Waals surface area contributed by atoms with Crippen LogP contribution in [0.5, 0.6) is 11.5 Å². The second-order valence-electron chi connectivity index (χ2n) is 7.15. The van der Waals surface area contributed by atoms with Crippen LogP contribution in [0.2, 0.25) is 0 Å². The third kappa shape index (κ3) is 5.26. The van der Waals surface area contributed by atoms with Crippen LogP contribution in [0.15, 0.2) is 64.5 Å². The number of carbonyl (C=O) groups is 3. The standard InChI is InChI=1S/C23H17BrN4O5S/c1-28-22(31)20(34-23(28)32)7-15-6-19(18(29)8-17(15)24)33-12-13-5-16(11-26-9-13)27-21(30)14-3-2-4-25-10-14/h2-11,29H,12H2,1H3,(H,27,30)/b20-7-. The summed E-state index contributed by atoms with van der Waals surface area (Å²) in [6.07, 6.45) is 7.69. The lowest BCUT2D eigenvalue weighted by Gasteiger charge is -2.11. The molecule has 0 radical (unpaired) electrons. The van der Waals surface area contributed by atoms with Gasteiger partial charge in [0.15, 0.2) is 11.5 Å². The molecule has 2 aromatic heterocycles. The lowest BCUT2D eigenvalue weighted by Crippen LogP contribution is -2.22. The van der Waals surface area contributed by atoms with Gasteiger partial charge in [0.05, 0.1) is 22.4 Å². The second kappa shape index (κ2) is 10.1. The number of phenolic OH excluding ortho intramolecular Hbond substituents is 1. The molecular weight excluding hydrogens is 524 g/mol. The Morgan fingerprint density at radius 1 is 1.24 bits per heavy atom. The number of likely N-dealkylation sites (N-methyl/N-ethyl adjacent to an activating group) is 1. The average molecular weight is 541 g/mol. The number of rotatable bonds is 6. The van der Waals surface area contributed by atoms with E-state index in [1.807, 2.05) is 0 Å². The van der Waals surface area contributed by atoms with E-state index in [0.29, 0.717) is 26.9 Å². The number of aromatic hydroxyl groups is 1. The zero-order chi connectivity index (χ0) is 24.2. The summed E-state index contributed by atoms with van der Waals surface area (Å²) < 4.78 is 6.29. The summed E-state index contributed by atoms with van der Waals surface area (Å²) in [6.45, 7) is 0.0592. The number of hydrogen-bond acceptors (Lipinski definition) is 8. The number of thioether (sulfide) groups is 1. The molecule has 3 heterocycles. The smallest absolute Gasteiger partial charge is 0.293 e. The Labute approximate surface area is 207 Å². The summed E-state index contributed by atoms with van der Waals surface area (Å²) in [5, 5.41) is 12.7. The molecule has 0 unspecified atom stereocenters. The third-order valence-corrected chi connectivity index (χ3v) is 6.37. The summed E-state index contributed by atoms with van der Waals surface area (Å²) in [7, 11) is 1.42. The lowest BCUT2D eigenvalue weighted by molar-refractivity contribution is -0.121. The molecule has 1 aliphatic heterocycles. The van der Waals surface area contributed by atoms with E-state index >= 15 is 0 Å². The molecular formula is C23H17BrN4O5S. The van der Waals surface area contributed by atoms with E-state index in [1.54, 1.807) is 42.7 Å². The van der Waals surface area contributed by atoms with Gasteiger partial charge in [-0.05, 0) is 53.7 Å². The number of hydrogen-bond donors (Lipinski definition) is 2. The number of carbonyl (C=O) groups excluding carboxylic acids is 3. The molecule has 34 heavy (non-hydrogen) atoms. The lowest BCUT2D eigenvalue weighted by atomic mass is 10.2. The SMILES string of the molecule is CN1C(=O)S/C(=C\c2cc(OCc3cncc(NC(=O)c4cccnc4)c3)c(O)cc2Br)C1=O. The van der Waals surface area contributed by atoms with Crippen LogP contribution < -0.4 is 10.1 Å². The number of anilines is 1. The van der Waals surface area contributed by atoms with Gasteiger partial charge >= 0.3 is 0 Å². The van der Waals surface area contributed by atoms with Crippen LogP contribution >= 0.6 is 27.7 Å². The number of pyridine rings is 2. The van der Waals surface area contributed by atoms with Gasteiger partial charge in [0.2, 0.25) is 0 Å². The van der Waals surface area contributed by atoms with Gasteiger partial charge in [-0.1, -0.05) is 15.9 Å². The number of phenols is 1. The fourth-order valence-corrected chi connectivity index (χ4v) is 4.23. The van der Waals surface area contributed by atoms with E-state index < -0.39 is 5.91 Å². The topological polar surface area (TPSA) is 122 Å². The van der Waals surface area contributed by atoms with E-state index in [0.717, 1.165) is 16.7 Å². The molecule has 3 amide bonds. The van der Waals surface area contributed by atoms with Crippen molar-refractivity contribution in [3.63, 3.8) is 0 Å². The Morgan fingerprint density at radius 3 is 2.76 bits per heavy atom. The first-order valence-corrected chi connectivity index (χ1v) is 11.4. The first-order chi connectivity index (χ1) is 16.3. The van der Waals surface area contributed by atoms with E-state index in [2.05, 4.69) is 31.2 Å². The highest BCUT2D eigenvalue weighted by atomic mass is 79.9. The summed E-state index contributed by atoms with van der Waals surface area (Å²) in [4.78, 5) is 45.6. The minimum atomic E-state index is -0.395. The van der Waals surface area contributed by atoms with Gasteiger partial charge < -0.3 is 15.2 Å². The van der Waals surface area contributed by atoms with Gasteiger partial charge in [-0.15, -0.1) is 0 Å². The van der Waals surface area contributed by atoms with Crippen LogP contribution in [0.25, 0.3) is 6.08 Å². The first kappa shape index (κ1) is 23.5. The maximum Gasteiger partial charge on any atom is 0.293 e. The van der Waals surface area contributed by atoms with Crippen molar-refractivity contribution in [1.29, 1.82) is 0 Å². The number of imide groups is 1. The highest BCUT2D eigenvalue weighted by Gasteiger charge is 2.32. The number of aromatic nitrogens is 2. The molecule has 0 atom stereocenters. The van der Waals surface area contributed by atoms with Crippen molar-refractivity contribution in [1.82, 2.24) is 14.9 Å². The molecule has 1 saturated heterocycles. The van der Waals surface area contributed by atoms with Crippen molar-refractivity contribution in [2.24, 2.45) is 0 Å². The summed E-state index contributed by atoms with van der Waals surface area (Å²) in [6, 6.07) is 8.03. The molecule has 0 saturated carbocycles. The van der Waals surface area contributed by atoms with Gasteiger partial charge in [0.25, 0.3) is 17.1 Å². The normalized spacial score (nSPS) is 14.5. The number of nitrogens with one attached hydrogen (secondary N) is 1. The van der Waals surface area contributed by atoms with Gasteiger partial charge in [-0.25, -0.2) is 0 Å². The largest absolute Gasteiger partial charge is 0.504 e. The summed E-state index contributed by atoms with van der Waals surface area (Å²) >= 11 is 4.19. The summed E-state index contributed by atoms with van der Waals surface area (Å²) in [5.74, 6) is -0.648. The Hall–Kier alpha value is -3.70. The molecule has 2 N–H and O–H groups in total. The van der Waals surface area contributed by atoms with E-state index in [9.17, 15) is 19.5 Å². The number of amides is 3. The molecule has 4 rings (SSSR count). The Balaban J connectivity index is 1.48. The molecule has 1 aromatic carbocycles. The Bertz CT molecular complexity index is 1320. The van der Waals surface area contributed by atoms with Crippen LogP contribution in [0.1, 0.15) is 21.5 Å². The van der Waals surface area contributed by atoms with E-state index in [1.165, 1.54) is 25.5 Å². The maximum absolute atomic E-state index is 12.3. The molecule has 0 aliphatic carbocycles. The predicted molar refractivity (Wildman–Crippen MR) is 130 cm³/mol. The molecule has 3 aromatic rings. The van der Waals surface area contributed by atoms with Crippen LogP contribution in [-0.2, 0) is 11.4 Å². The van der Waals surface area contributed by atoms with E-state index in [4.69, 9.17) is 4.74 Å². The zero-order valence-electron chi connectivity index (χ0n) is 17.7. The predicted octanol–water partition coefficient (Wildman–Crippen LogP) is 4.44. The minimum absolute atomic E-state index is 0.0592. The molecule has 1 aliphatic rings. The van der Waals surface area contributed by atoms with Crippen molar-refractivity contribution in [2.75, 3.05) is 12.4 Å². The van der Waals surface area contributed by atoms with Crippen molar-refractivity contribution in [2.45, 2.75) is 6.61 Å². The monoisotopic (exact) mass is 540 g/mol. The number of ether oxygens (including phenoxy) is 1. The molecule has 1 fully saturated rings. The van der Waals surface area contributed by atoms with Gasteiger partial charge in [-0.3, -0.25) is 29.3 Å². The summed E-state index contributed by atoms with van der Waals surface area (Å²) in [5.41, 5.74) is 2.10. The molecule has 0 spiro atoms. The van der Waals surface area contributed by atoms with Crippen LogP contribution in [0, 0.1) is 0 Å². The fourth-order valence-electron chi connectivity index (χ4n) is 2.97. The van der Waals surface area contributed by atoms with Crippen molar-refractivity contribution in [3.05, 3.63) is 81.2 Å². The molecule has 0 bridgehead atoms. The van der Waals surface area contributed by atoms with Crippen LogP contribution in [-0.4, -0.2) is 44.1 Å². The quantitative estimate of drug-likeness (QED) is 0.440. The Kier molecular flexibility index (Phi) is 6.94. The highest BCUT2D eigenvalue weighted by Crippen LogP contribution is 2.37. The van der Waals surface area contributed by atoms with Gasteiger partial charge in [0.1, 0.15) is 6.61 Å². The maximum atomic E-state index is 12.3. The third-order valence-electron chi connectivity index (χ3n) is 4.72. The average Bonchev–Trinajstić information content (AvgIpc) is 3.07. The van der Waals surface area contributed by atoms with Gasteiger partial charge in [-0.2, -0.15) is 0 Å².